The summed E-state index contributed by atoms with van der Waals surface area (Å²) >= 11 is 7.20. The monoisotopic (exact) mass is 241 g/mol. The van der Waals surface area contributed by atoms with Crippen molar-refractivity contribution in [2.24, 2.45) is 0 Å². The SMILES string of the molecule is COc1ccc(Cl)cc1-c1nnc(N)s1. The van der Waals surface area contributed by atoms with Crippen LogP contribution in [0.3, 0.4) is 0 Å². The van der Waals surface area contributed by atoms with E-state index in [4.69, 9.17) is 22.1 Å². The van der Waals surface area contributed by atoms with E-state index < -0.39 is 0 Å². The highest BCUT2D eigenvalue weighted by atomic mass is 35.5. The van der Waals surface area contributed by atoms with Crippen LogP contribution in [-0.4, -0.2) is 17.3 Å². The number of aromatic nitrogens is 2. The minimum Gasteiger partial charge on any atom is -0.496 e. The van der Waals surface area contributed by atoms with Crippen LogP contribution in [0.2, 0.25) is 5.02 Å². The summed E-state index contributed by atoms with van der Waals surface area (Å²) in [5, 5.41) is 9.43. The Hall–Kier alpha value is -1.33. The molecule has 0 aliphatic carbocycles. The summed E-state index contributed by atoms with van der Waals surface area (Å²) < 4.78 is 5.20. The van der Waals surface area contributed by atoms with Crippen LogP contribution in [0.4, 0.5) is 5.13 Å². The second-order valence-electron chi connectivity index (χ2n) is 2.79. The maximum atomic E-state index is 5.90. The molecule has 0 radical (unpaired) electrons. The third-order valence-corrected chi connectivity index (χ3v) is 2.85. The van der Waals surface area contributed by atoms with E-state index in [0.29, 0.717) is 20.9 Å². The molecule has 1 aromatic heterocycles. The zero-order valence-electron chi connectivity index (χ0n) is 7.90. The summed E-state index contributed by atoms with van der Waals surface area (Å²) in [5.41, 5.74) is 6.32. The molecule has 78 valence electrons. The second kappa shape index (κ2) is 4.04. The quantitative estimate of drug-likeness (QED) is 0.877. The number of nitrogen functional groups attached to an aromatic ring is 1. The Bertz CT molecular complexity index is 486. The molecule has 0 amide bonds. The Morgan fingerprint density at radius 3 is 2.80 bits per heavy atom. The van der Waals surface area contributed by atoms with E-state index >= 15 is 0 Å². The van der Waals surface area contributed by atoms with Gasteiger partial charge in [-0.25, -0.2) is 0 Å². The molecule has 6 heteroatoms. The van der Waals surface area contributed by atoms with Gasteiger partial charge < -0.3 is 10.5 Å². The number of benzene rings is 1. The predicted molar refractivity (Wildman–Crippen MR) is 61.3 cm³/mol. The molecule has 0 fully saturated rings. The summed E-state index contributed by atoms with van der Waals surface area (Å²) in [5.74, 6) is 0.704. The van der Waals surface area contributed by atoms with E-state index in [1.807, 2.05) is 0 Å². The number of ether oxygens (including phenoxy) is 1. The van der Waals surface area contributed by atoms with Crippen LogP contribution >= 0.6 is 22.9 Å². The highest BCUT2D eigenvalue weighted by Gasteiger charge is 2.11. The summed E-state index contributed by atoms with van der Waals surface area (Å²) in [6.07, 6.45) is 0. The van der Waals surface area contributed by atoms with Crippen LogP contribution in [0, 0.1) is 0 Å². The topological polar surface area (TPSA) is 61.0 Å². The van der Waals surface area contributed by atoms with Gasteiger partial charge >= 0.3 is 0 Å². The normalized spacial score (nSPS) is 10.3. The minimum absolute atomic E-state index is 0.423. The molecule has 15 heavy (non-hydrogen) atoms. The van der Waals surface area contributed by atoms with Gasteiger partial charge in [0.15, 0.2) is 5.01 Å². The molecular formula is C9H8ClN3OS. The van der Waals surface area contributed by atoms with Gasteiger partial charge in [-0.2, -0.15) is 0 Å². The Balaban J connectivity index is 2.55. The number of hydrogen-bond acceptors (Lipinski definition) is 5. The first-order valence-electron chi connectivity index (χ1n) is 4.13. The number of nitrogens with two attached hydrogens (primary N) is 1. The number of methoxy groups -OCH3 is 1. The molecule has 0 atom stereocenters. The van der Waals surface area contributed by atoms with Crippen LogP contribution in [0.25, 0.3) is 10.6 Å². The van der Waals surface area contributed by atoms with Gasteiger partial charge in [0.2, 0.25) is 5.13 Å². The number of anilines is 1. The molecule has 2 rings (SSSR count). The first-order valence-corrected chi connectivity index (χ1v) is 5.33. The first kappa shape index (κ1) is 10.2. The highest BCUT2D eigenvalue weighted by Crippen LogP contribution is 2.34. The standard InChI is InChI=1S/C9H8ClN3OS/c1-14-7-3-2-5(10)4-6(7)8-12-13-9(11)15-8/h2-4H,1H3,(H2,11,13). The number of halogens is 1. The molecular weight excluding hydrogens is 234 g/mol. The van der Waals surface area contributed by atoms with Gasteiger partial charge in [-0.3, -0.25) is 0 Å². The lowest BCUT2D eigenvalue weighted by Crippen LogP contribution is -1.87. The molecule has 0 spiro atoms. The van der Waals surface area contributed by atoms with Gasteiger partial charge in [-0.05, 0) is 18.2 Å². The number of rotatable bonds is 2. The van der Waals surface area contributed by atoms with Gasteiger partial charge in [0.05, 0.1) is 12.7 Å². The molecule has 1 aromatic carbocycles. The third kappa shape index (κ3) is 2.03. The molecule has 0 unspecified atom stereocenters. The maximum absolute atomic E-state index is 5.90. The first-order chi connectivity index (χ1) is 7.20. The predicted octanol–water partition coefficient (Wildman–Crippen LogP) is 2.45. The zero-order valence-corrected chi connectivity index (χ0v) is 9.47. The molecule has 0 aliphatic heterocycles. The lowest BCUT2D eigenvalue weighted by Gasteiger charge is -2.05. The number of nitrogens with zero attached hydrogens (tertiary/aromatic N) is 2. The third-order valence-electron chi connectivity index (χ3n) is 1.83. The molecule has 0 bridgehead atoms. The smallest absolute Gasteiger partial charge is 0.203 e. The lowest BCUT2D eigenvalue weighted by molar-refractivity contribution is 0.416. The van der Waals surface area contributed by atoms with Crippen molar-refractivity contribution in [3.8, 4) is 16.3 Å². The van der Waals surface area contributed by atoms with Crippen molar-refractivity contribution in [2.45, 2.75) is 0 Å². The van der Waals surface area contributed by atoms with Gasteiger partial charge in [0, 0.05) is 5.02 Å². The van der Waals surface area contributed by atoms with E-state index in [1.165, 1.54) is 11.3 Å². The minimum atomic E-state index is 0.423. The van der Waals surface area contributed by atoms with Crippen LogP contribution in [0.15, 0.2) is 18.2 Å². The van der Waals surface area contributed by atoms with Crippen molar-refractivity contribution in [3.63, 3.8) is 0 Å². The molecule has 0 saturated heterocycles. The lowest BCUT2D eigenvalue weighted by atomic mass is 10.2. The summed E-state index contributed by atoms with van der Waals surface area (Å²) in [6.45, 7) is 0. The Morgan fingerprint density at radius 2 is 2.20 bits per heavy atom. The van der Waals surface area contributed by atoms with Crippen molar-refractivity contribution in [1.82, 2.24) is 10.2 Å². The fraction of sp³-hybridized carbons (Fsp3) is 0.111. The van der Waals surface area contributed by atoms with Crippen molar-refractivity contribution >= 4 is 28.1 Å². The van der Waals surface area contributed by atoms with Crippen LogP contribution in [-0.2, 0) is 0 Å². The van der Waals surface area contributed by atoms with Crippen molar-refractivity contribution in [3.05, 3.63) is 23.2 Å². The van der Waals surface area contributed by atoms with Crippen molar-refractivity contribution in [2.75, 3.05) is 12.8 Å². The molecule has 2 N–H and O–H groups in total. The number of hydrogen-bond donors (Lipinski definition) is 1. The summed E-state index contributed by atoms with van der Waals surface area (Å²) in [6, 6.07) is 5.32. The van der Waals surface area contributed by atoms with Crippen molar-refractivity contribution < 1.29 is 4.74 Å². The molecule has 0 aliphatic rings. The largest absolute Gasteiger partial charge is 0.496 e. The second-order valence-corrected chi connectivity index (χ2v) is 4.24. The van der Waals surface area contributed by atoms with Crippen LogP contribution in [0.5, 0.6) is 5.75 Å². The average Bonchev–Trinajstić information content (AvgIpc) is 2.65. The molecule has 4 nitrogen and oxygen atoms in total. The van der Waals surface area contributed by atoms with Gasteiger partial charge in [0.25, 0.3) is 0 Å². The van der Waals surface area contributed by atoms with E-state index in [2.05, 4.69) is 10.2 Å². The highest BCUT2D eigenvalue weighted by molar-refractivity contribution is 7.18. The zero-order chi connectivity index (χ0) is 10.8. The maximum Gasteiger partial charge on any atom is 0.203 e. The van der Waals surface area contributed by atoms with E-state index in [1.54, 1.807) is 25.3 Å². The van der Waals surface area contributed by atoms with E-state index in [9.17, 15) is 0 Å². The van der Waals surface area contributed by atoms with Gasteiger partial charge in [0.1, 0.15) is 5.75 Å². The summed E-state index contributed by atoms with van der Waals surface area (Å²) in [7, 11) is 1.59. The average molecular weight is 242 g/mol. The van der Waals surface area contributed by atoms with Gasteiger partial charge in [-0.15, -0.1) is 10.2 Å². The molecule has 0 saturated carbocycles. The van der Waals surface area contributed by atoms with E-state index in [0.717, 1.165) is 5.56 Å². The fourth-order valence-corrected chi connectivity index (χ4v) is 1.99. The summed E-state index contributed by atoms with van der Waals surface area (Å²) in [4.78, 5) is 0. The molecule has 1 heterocycles. The van der Waals surface area contributed by atoms with Crippen LogP contribution in [0.1, 0.15) is 0 Å². The van der Waals surface area contributed by atoms with Crippen molar-refractivity contribution in [1.29, 1.82) is 0 Å². The Morgan fingerprint density at radius 1 is 1.40 bits per heavy atom. The molecule has 2 aromatic rings. The fourth-order valence-electron chi connectivity index (χ4n) is 1.19. The Labute approximate surface area is 95.7 Å². The van der Waals surface area contributed by atoms with E-state index in [-0.39, 0.29) is 0 Å². The van der Waals surface area contributed by atoms with Gasteiger partial charge in [-0.1, -0.05) is 22.9 Å². The Kier molecular flexibility index (Phi) is 2.75. The van der Waals surface area contributed by atoms with Crippen LogP contribution < -0.4 is 10.5 Å².